The Morgan fingerprint density at radius 3 is 2.32 bits per heavy atom. The summed E-state index contributed by atoms with van der Waals surface area (Å²) in [5.41, 5.74) is 0.686. The van der Waals surface area contributed by atoms with Crippen LogP contribution in [-0.4, -0.2) is 31.7 Å². The standard InChI is InChI=1S/C19H21NO5/c1-4-24-19(22)16-7-5-6-8-17(16)20-18(21)13(2)25-15-11-9-14(23-3)10-12-15/h5-13H,4H2,1-3H3,(H,20,21)/t13-/m0/s1. The summed E-state index contributed by atoms with van der Waals surface area (Å²) < 4.78 is 15.7. The number of esters is 1. The number of hydrogen-bond acceptors (Lipinski definition) is 5. The molecule has 1 N–H and O–H groups in total. The monoisotopic (exact) mass is 343 g/mol. The number of hydrogen-bond donors (Lipinski definition) is 1. The van der Waals surface area contributed by atoms with Crippen molar-refractivity contribution in [1.29, 1.82) is 0 Å². The number of amides is 1. The highest BCUT2D eigenvalue weighted by atomic mass is 16.5. The molecule has 6 heteroatoms. The molecular formula is C19H21NO5. The van der Waals surface area contributed by atoms with Crippen LogP contribution in [0.1, 0.15) is 24.2 Å². The van der Waals surface area contributed by atoms with Crippen molar-refractivity contribution in [3.8, 4) is 11.5 Å². The van der Waals surface area contributed by atoms with E-state index in [1.807, 2.05) is 0 Å². The molecule has 2 rings (SSSR count). The van der Waals surface area contributed by atoms with Gasteiger partial charge in [0.15, 0.2) is 6.10 Å². The Hall–Kier alpha value is -3.02. The third-order valence-electron chi connectivity index (χ3n) is 3.42. The average molecular weight is 343 g/mol. The summed E-state index contributed by atoms with van der Waals surface area (Å²) in [6, 6.07) is 13.6. The van der Waals surface area contributed by atoms with Gasteiger partial charge in [0, 0.05) is 0 Å². The van der Waals surface area contributed by atoms with Gasteiger partial charge < -0.3 is 19.5 Å². The van der Waals surface area contributed by atoms with E-state index in [1.54, 1.807) is 69.5 Å². The predicted molar refractivity (Wildman–Crippen MR) is 94.1 cm³/mol. The van der Waals surface area contributed by atoms with Crippen LogP contribution in [0.4, 0.5) is 5.69 Å². The first-order valence-corrected chi connectivity index (χ1v) is 7.93. The van der Waals surface area contributed by atoms with E-state index in [0.29, 0.717) is 22.7 Å². The molecule has 0 radical (unpaired) electrons. The molecule has 0 saturated heterocycles. The lowest BCUT2D eigenvalue weighted by atomic mass is 10.1. The van der Waals surface area contributed by atoms with Crippen LogP contribution in [0.15, 0.2) is 48.5 Å². The summed E-state index contributed by atoms with van der Waals surface area (Å²) in [5, 5.41) is 2.70. The molecule has 2 aromatic rings. The van der Waals surface area contributed by atoms with Crippen LogP contribution in [-0.2, 0) is 9.53 Å². The fraction of sp³-hybridized carbons (Fsp3) is 0.263. The number of para-hydroxylation sites is 1. The van der Waals surface area contributed by atoms with Crippen LogP contribution in [0.3, 0.4) is 0 Å². The summed E-state index contributed by atoms with van der Waals surface area (Å²) in [5.74, 6) is 0.393. The number of rotatable bonds is 7. The lowest BCUT2D eigenvalue weighted by molar-refractivity contribution is -0.122. The van der Waals surface area contributed by atoms with Crippen LogP contribution in [0.2, 0.25) is 0 Å². The van der Waals surface area contributed by atoms with E-state index in [2.05, 4.69) is 5.32 Å². The third-order valence-corrected chi connectivity index (χ3v) is 3.42. The number of anilines is 1. The zero-order valence-corrected chi connectivity index (χ0v) is 14.4. The molecule has 2 aromatic carbocycles. The topological polar surface area (TPSA) is 73.9 Å². The van der Waals surface area contributed by atoms with Crippen LogP contribution in [0.25, 0.3) is 0 Å². The van der Waals surface area contributed by atoms with Crippen molar-refractivity contribution in [2.45, 2.75) is 20.0 Å². The molecule has 0 saturated carbocycles. The quantitative estimate of drug-likeness (QED) is 0.781. The molecule has 0 spiro atoms. The Labute approximate surface area is 146 Å². The molecule has 0 heterocycles. The molecule has 0 unspecified atom stereocenters. The lowest BCUT2D eigenvalue weighted by Crippen LogP contribution is -2.30. The van der Waals surface area contributed by atoms with E-state index in [4.69, 9.17) is 14.2 Å². The maximum atomic E-state index is 12.4. The molecule has 0 aliphatic heterocycles. The number of carbonyl (C=O) groups is 2. The van der Waals surface area contributed by atoms with Crippen LogP contribution < -0.4 is 14.8 Å². The third kappa shape index (κ3) is 4.97. The van der Waals surface area contributed by atoms with E-state index in [-0.39, 0.29) is 12.5 Å². The smallest absolute Gasteiger partial charge is 0.340 e. The van der Waals surface area contributed by atoms with Gasteiger partial charge in [-0.05, 0) is 50.2 Å². The number of ether oxygens (including phenoxy) is 3. The Morgan fingerprint density at radius 2 is 1.68 bits per heavy atom. The van der Waals surface area contributed by atoms with Gasteiger partial charge in [0.05, 0.1) is 25.0 Å². The van der Waals surface area contributed by atoms with Crippen molar-refractivity contribution in [2.24, 2.45) is 0 Å². The van der Waals surface area contributed by atoms with Crippen molar-refractivity contribution >= 4 is 17.6 Å². The van der Waals surface area contributed by atoms with Gasteiger partial charge in [-0.15, -0.1) is 0 Å². The Bertz CT molecular complexity index is 727. The first kappa shape index (κ1) is 18.3. The molecule has 1 amide bonds. The highest BCUT2D eigenvalue weighted by Gasteiger charge is 2.19. The first-order valence-electron chi connectivity index (χ1n) is 7.93. The molecule has 0 bridgehead atoms. The summed E-state index contributed by atoms with van der Waals surface area (Å²) in [4.78, 5) is 24.3. The number of nitrogens with one attached hydrogen (secondary N) is 1. The Balaban J connectivity index is 2.04. The van der Waals surface area contributed by atoms with Crippen LogP contribution >= 0.6 is 0 Å². The van der Waals surface area contributed by atoms with Crippen molar-refractivity contribution in [3.63, 3.8) is 0 Å². The molecule has 0 aliphatic carbocycles. The largest absolute Gasteiger partial charge is 0.497 e. The van der Waals surface area contributed by atoms with Crippen molar-refractivity contribution in [2.75, 3.05) is 19.0 Å². The number of benzene rings is 2. The second kappa shape index (κ2) is 8.73. The number of carbonyl (C=O) groups excluding carboxylic acids is 2. The fourth-order valence-electron chi connectivity index (χ4n) is 2.13. The van der Waals surface area contributed by atoms with Crippen LogP contribution in [0.5, 0.6) is 11.5 Å². The van der Waals surface area contributed by atoms with Gasteiger partial charge in [-0.25, -0.2) is 4.79 Å². The second-order valence-corrected chi connectivity index (χ2v) is 5.19. The molecule has 0 aromatic heterocycles. The van der Waals surface area contributed by atoms with Gasteiger partial charge in [0.2, 0.25) is 0 Å². The fourth-order valence-corrected chi connectivity index (χ4v) is 2.13. The predicted octanol–water partition coefficient (Wildman–Crippen LogP) is 3.28. The minimum Gasteiger partial charge on any atom is -0.497 e. The summed E-state index contributed by atoms with van der Waals surface area (Å²) in [6.07, 6.45) is -0.747. The molecule has 0 fully saturated rings. The minimum absolute atomic E-state index is 0.262. The van der Waals surface area contributed by atoms with Gasteiger partial charge in [0.25, 0.3) is 5.91 Å². The summed E-state index contributed by atoms with van der Waals surface area (Å²) >= 11 is 0. The molecule has 6 nitrogen and oxygen atoms in total. The molecule has 25 heavy (non-hydrogen) atoms. The highest BCUT2D eigenvalue weighted by Crippen LogP contribution is 2.20. The molecule has 1 atom stereocenters. The SMILES string of the molecule is CCOC(=O)c1ccccc1NC(=O)[C@H](C)Oc1ccc(OC)cc1. The zero-order chi connectivity index (χ0) is 18.2. The van der Waals surface area contributed by atoms with E-state index in [0.717, 1.165) is 0 Å². The van der Waals surface area contributed by atoms with E-state index in [1.165, 1.54) is 0 Å². The van der Waals surface area contributed by atoms with Gasteiger partial charge in [-0.1, -0.05) is 12.1 Å². The van der Waals surface area contributed by atoms with Crippen molar-refractivity contribution in [1.82, 2.24) is 0 Å². The number of methoxy groups -OCH3 is 1. The summed E-state index contributed by atoms with van der Waals surface area (Å²) in [6.45, 7) is 3.62. The maximum absolute atomic E-state index is 12.4. The molecule has 132 valence electrons. The average Bonchev–Trinajstić information content (AvgIpc) is 2.63. The summed E-state index contributed by atoms with van der Waals surface area (Å²) in [7, 11) is 1.58. The van der Waals surface area contributed by atoms with E-state index < -0.39 is 12.1 Å². The zero-order valence-electron chi connectivity index (χ0n) is 14.4. The van der Waals surface area contributed by atoms with Crippen molar-refractivity contribution in [3.05, 3.63) is 54.1 Å². The second-order valence-electron chi connectivity index (χ2n) is 5.19. The highest BCUT2D eigenvalue weighted by molar-refractivity contribution is 6.02. The van der Waals surface area contributed by atoms with E-state index >= 15 is 0 Å². The molecule has 0 aliphatic rings. The van der Waals surface area contributed by atoms with Gasteiger partial charge >= 0.3 is 5.97 Å². The Kier molecular flexibility index (Phi) is 6.39. The van der Waals surface area contributed by atoms with Gasteiger partial charge in [0.1, 0.15) is 11.5 Å². The van der Waals surface area contributed by atoms with Gasteiger partial charge in [-0.3, -0.25) is 4.79 Å². The minimum atomic E-state index is -0.747. The van der Waals surface area contributed by atoms with Gasteiger partial charge in [-0.2, -0.15) is 0 Å². The normalized spacial score (nSPS) is 11.3. The van der Waals surface area contributed by atoms with E-state index in [9.17, 15) is 9.59 Å². The van der Waals surface area contributed by atoms with Crippen LogP contribution in [0, 0.1) is 0 Å². The lowest BCUT2D eigenvalue weighted by Gasteiger charge is -2.16. The first-order chi connectivity index (χ1) is 12.0. The van der Waals surface area contributed by atoms with Crippen molar-refractivity contribution < 1.29 is 23.8 Å². The maximum Gasteiger partial charge on any atom is 0.340 e. The Morgan fingerprint density at radius 1 is 1.04 bits per heavy atom. The molecular weight excluding hydrogens is 322 g/mol.